The van der Waals surface area contributed by atoms with Crippen molar-refractivity contribution in [2.45, 2.75) is 19.4 Å². The fourth-order valence-electron chi connectivity index (χ4n) is 3.55. The van der Waals surface area contributed by atoms with Gasteiger partial charge in [0.25, 0.3) is 0 Å². The molecule has 0 unspecified atom stereocenters. The summed E-state index contributed by atoms with van der Waals surface area (Å²) < 4.78 is 11.1. The minimum absolute atomic E-state index is 0.115. The molecule has 6 heteroatoms. The fourth-order valence-corrected chi connectivity index (χ4v) is 3.55. The van der Waals surface area contributed by atoms with Crippen LogP contribution in [0, 0.1) is 0 Å². The van der Waals surface area contributed by atoms with Gasteiger partial charge in [-0.1, -0.05) is 19.1 Å². The number of rotatable bonds is 9. The van der Waals surface area contributed by atoms with Gasteiger partial charge in [-0.05, 0) is 36.4 Å². The van der Waals surface area contributed by atoms with Crippen molar-refractivity contribution in [3.05, 3.63) is 54.1 Å². The third kappa shape index (κ3) is 5.71. The van der Waals surface area contributed by atoms with Crippen molar-refractivity contribution < 1.29 is 19.4 Å². The first-order chi connectivity index (χ1) is 14.1. The van der Waals surface area contributed by atoms with Gasteiger partial charge in [0.15, 0.2) is 5.78 Å². The van der Waals surface area contributed by atoms with Gasteiger partial charge in [-0.2, -0.15) is 0 Å². The number of hydrogen-bond acceptors (Lipinski definition) is 6. The van der Waals surface area contributed by atoms with Crippen LogP contribution in [0.4, 0.5) is 5.69 Å². The molecular formula is C23H30N2O4. The summed E-state index contributed by atoms with van der Waals surface area (Å²) in [6.07, 6.45) is -0.0757. The maximum atomic E-state index is 11.7. The Kier molecular flexibility index (Phi) is 7.49. The maximum Gasteiger partial charge on any atom is 0.162 e. The van der Waals surface area contributed by atoms with Gasteiger partial charge in [0, 0.05) is 44.7 Å². The molecule has 0 radical (unpaired) electrons. The molecule has 0 amide bonds. The molecule has 0 aliphatic carbocycles. The molecule has 2 aromatic rings. The van der Waals surface area contributed by atoms with Gasteiger partial charge in [-0.25, -0.2) is 0 Å². The van der Waals surface area contributed by atoms with Crippen molar-refractivity contribution in [2.24, 2.45) is 0 Å². The van der Waals surface area contributed by atoms with E-state index in [9.17, 15) is 9.90 Å². The van der Waals surface area contributed by atoms with Crippen molar-refractivity contribution >= 4 is 11.5 Å². The summed E-state index contributed by atoms with van der Waals surface area (Å²) in [5, 5.41) is 10.4. The molecule has 1 fully saturated rings. The first-order valence-electron chi connectivity index (χ1n) is 10.1. The summed E-state index contributed by atoms with van der Waals surface area (Å²) in [4.78, 5) is 16.2. The first kappa shape index (κ1) is 21.1. The summed E-state index contributed by atoms with van der Waals surface area (Å²) in [7, 11) is 1.70. The second-order valence-corrected chi connectivity index (χ2v) is 7.23. The number of ether oxygens (including phenoxy) is 2. The van der Waals surface area contributed by atoms with Crippen LogP contribution in [0.3, 0.4) is 0 Å². The van der Waals surface area contributed by atoms with Crippen LogP contribution in [-0.2, 0) is 0 Å². The molecule has 3 rings (SSSR count). The minimum Gasteiger partial charge on any atom is -0.495 e. The van der Waals surface area contributed by atoms with Gasteiger partial charge in [-0.15, -0.1) is 0 Å². The number of anilines is 1. The number of para-hydroxylation sites is 2. The smallest absolute Gasteiger partial charge is 0.162 e. The van der Waals surface area contributed by atoms with Crippen LogP contribution in [0.1, 0.15) is 23.7 Å². The van der Waals surface area contributed by atoms with Crippen LogP contribution in [0.2, 0.25) is 0 Å². The Balaban J connectivity index is 1.43. The summed E-state index contributed by atoms with van der Waals surface area (Å²) in [6, 6.07) is 15.2. The molecule has 1 heterocycles. The van der Waals surface area contributed by atoms with E-state index >= 15 is 0 Å². The van der Waals surface area contributed by atoms with E-state index in [-0.39, 0.29) is 12.4 Å². The molecule has 1 N–H and O–H groups in total. The van der Waals surface area contributed by atoms with Crippen molar-refractivity contribution in [3.63, 3.8) is 0 Å². The highest BCUT2D eigenvalue weighted by Gasteiger charge is 2.21. The highest BCUT2D eigenvalue weighted by Crippen LogP contribution is 2.28. The monoisotopic (exact) mass is 398 g/mol. The normalized spacial score (nSPS) is 15.8. The molecule has 1 saturated heterocycles. The number of Topliss-reactive ketones (excluding diaryl/α,β-unsaturated/α-hetero) is 1. The van der Waals surface area contributed by atoms with Crippen LogP contribution in [0.25, 0.3) is 0 Å². The van der Waals surface area contributed by atoms with Crippen molar-refractivity contribution in [2.75, 3.05) is 51.3 Å². The number of carbonyl (C=O) groups is 1. The molecule has 1 atom stereocenters. The Hall–Kier alpha value is -2.57. The van der Waals surface area contributed by atoms with Gasteiger partial charge in [0.2, 0.25) is 0 Å². The molecular weight excluding hydrogens is 368 g/mol. The predicted molar refractivity (Wildman–Crippen MR) is 114 cm³/mol. The standard InChI is InChI=1S/C23H30N2O4/c1-3-22(27)18-8-10-20(11-9-18)29-17-19(26)16-24-12-14-25(15-13-24)21-6-4-5-7-23(21)28-2/h4-11,19,26H,3,12-17H2,1-2H3/t19-/m0/s1. The van der Waals surface area contributed by atoms with Gasteiger partial charge in [0.1, 0.15) is 24.2 Å². The number of piperazine rings is 1. The number of hydrogen-bond donors (Lipinski definition) is 1. The molecule has 156 valence electrons. The van der Waals surface area contributed by atoms with Crippen molar-refractivity contribution in [1.29, 1.82) is 0 Å². The zero-order chi connectivity index (χ0) is 20.6. The van der Waals surface area contributed by atoms with E-state index in [2.05, 4.69) is 15.9 Å². The van der Waals surface area contributed by atoms with Gasteiger partial charge in [0.05, 0.1) is 12.8 Å². The fraction of sp³-hybridized carbons (Fsp3) is 0.435. The lowest BCUT2D eigenvalue weighted by molar-refractivity contribution is 0.0662. The average Bonchev–Trinajstić information content (AvgIpc) is 2.78. The lowest BCUT2D eigenvalue weighted by atomic mass is 10.1. The van der Waals surface area contributed by atoms with E-state index in [0.29, 0.717) is 24.3 Å². The highest BCUT2D eigenvalue weighted by molar-refractivity contribution is 5.95. The van der Waals surface area contributed by atoms with Crippen LogP contribution >= 0.6 is 0 Å². The molecule has 1 aliphatic heterocycles. The molecule has 1 aliphatic rings. The zero-order valence-corrected chi connectivity index (χ0v) is 17.2. The third-order valence-corrected chi connectivity index (χ3v) is 5.21. The predicted octanol–water partition coefficient (Wildman–Crippen LogP) is 2.85. The van der Waals surface area contributed by atoms with Gasteiger partial charge in [-0.3, -0.25) is 9.69 Å². The lowest BCUT2D eigenvalue weighted by Gasteiger charge is -2.37. The second kappa shape index (κ2) is 10.3. The molecule has 0 aromatic heterocycles. The zero-order valence-electron chi connectivity index (χ0n) is 17.2. The molecule has 6 nitrogen and oxygen atoms in total. The van der Waals surface area contributed by atoms with E-state index in [1.165, 1.54) is 0 Å². The number of benzene rings is 2. The summed E-state index contributed by atoms with van der Waals surface area (Å²) in [6.45, 7) is 6.19. The van der Waals surface area contributed by atoms with Crippen molar-refractivity contribution in [3.8, 4) is 11.5 Å². The Labute approximate surface area is 172 Å². The summed E-state index contributed by atoms with van der Waals surface area (Å²) in [5.74, 6) is 1.67. The minimum atomic E-state index is -0.565. The molecule has 0 bridgehead atoms. The number of aliphatic hydroxyl groups is 1. The SMILES string of the molecule is CCC(=O)c1ccc(OC[C@@H](O)CN2CCN(c3ccccc3OC)CC2)cc1. The second-order valence-electron chi connectivity index (χ2n) is 7.23. The third-order valence-electron chi connectivity index (χ3n) is 5.21. The number of ketones is 1. The number of nitrogens with zero attached hydrogens (tertiary/aromatic N) is 2. The van der Waals surface area contributed by atoms with E-state index in [4.69, 9.17) is 9.47 Å². The van der Waals surface area contributed by atoms with Crippen LogP contribution < -0.4 is 14.4 Å². The average molecular weight is 399 g/mol. The van der Waals surface area contributed by atoms with Gasteiger partial charge >= 0.3 is 0 Å². The largest absolute Gasteiger partial charge is 0.495 e. The summed E-state index contributed by atoms with van der Waals surface area (Å²) >= 11 is 0. The first-order valence-corrected chi connectivity index (χ1v) is 10.1. The Morgan fingerprint density at radius 1 is 1.07 bits per heavy atom. The van der Waals surface area contributed by atoms with Crippen LogP contribution in [0.15, 0.2) is 48.5 Å². The number of aliphatic hydroxyl groups excluding tert-OH is 1. The maximum absolute atomic E-state index is 11.7. The van der Waals surface area contributed by atoms with Crippen LogP contribution in [-0.4, -0.2) is 68.3 Å². The number of carbonyl (C=O) groups excluding carboxylic acids is 1. The summed E-state index contributed by atoms with van der Waals surface area (Å²) in [5.41, 5.74) is 1.80. The lowest BCUT2D eigenvalue weighted by Crippen LogP contribution is -2.49. The number of methoxy groups -OCH3 is 1. The Morgan fingerprint density at radius 3 is 2.41 bits per heavy atom. The Bertz CT molecular complexity index is 786. The van der Waals surface area contributed by atoms with E-state index in [1.807, 2.05) is 25.1 Å². The quantitative estimate of drug-likeness (QED) is 0.656. The van der Waals surface area contributed by atoms with E-state index in [1.54, 1.807) is 31.4 Å². The Morgan fingerprint density at radius 2 is 1.76 bits per heavy atom. The van der Waals surface area contributed by atoms with E-state index in [0.717, 1.165) is 37.6 Å². The van der Waals surface area contributed by atoms with Crippen LogP contribution in [0.5, 0.6) is 11.5 Å². The van der Waals surface area contributed by atoms with E-state index < -0.39 is 6.10 Å². The van der Waals surface area contributed by atoms with Crippen molar-refractivity contribution in [1.82, 2.24) is 4.90 Å². The molecule has 29 heavy (non-hydrogen) atoms. The molecule has 2 aromatic carbocycles. The topological polar surface area (TPSA) is 62.2 Å². The highest BCUT2D eigenvalue weighted by atomic mass is 16.5. The molecule has 0 saturated carbocycles. The number of β-amino-alcohol motifs (C(OH)–C–C–N with tert-alkyl or cyclic N) is 1. The molecule has 0 spiro atoms. The van der Waals surface area contributed by atoms with Gasteiger partial charge < -0.3 is 19.5 Å².